The minimum absolute atomic E-state index is 0.144. The Morgan fingerprint density at radius 2 is 1.41 bits per heavy atom. The van der Waals surface area contributed by atoms with Crippen molar-refractivity contribution in [1.29, 1.82) is 0 Å². The number of anilines is 1. The van der Waals surface area contributed by atoms with E-state index in [4.69, 9.17) is 4.74 Å². The van der Waals surface area contributed by atoms with Crippen LogP contribution in [0.1, 0.15) is 49.1 Å². The second-order valence-corrected chi connectivity index (χ2v) is 6.95. The summed E-state index contributed by atoms with van der Waals surface area (Å²) in [7, 11) is 1.63. The molecule has 5 heteroatoms. The number of ether oxygens (including phenoxy) is 1. The fourth-order valence-electron chi connectivity index (χ4n) is 3.44. The molecular formula is C24H19NO4. The van der Waals surface area contributed by atoms with Crippen LogP contribution < -0.4 is 9.64 Å². The topological polar surface area (TPSA) is 63.7 Å². The van der Waals surface area contributed by atoms with Crippen molar-refractivity contribution < 1.29 is 19.1 Å². The van der Waals surface area contributed by atoms with Crippen molar-refractivity contribution in [1.82, 2.24) is 0 Å². The average Bonchev–Trinajstić information content (AvgIpc) is 2.99. The number of Topliss-reactive ketones (excluding diaryl/α,β-unsaturated/α-hetero) is 1. The molecule has 0 saturated carbocycles. The van der Waals surface area contributed by atoms with Crippen LogP contribution in [-0.2, 0) is 6.42 Å². The molecule has 1 aliphatic rings. The number of hydrogen-bond donors (Lipinski definition) is 0. The van der Waals surface area contributed by atoms with E-state index in [2.05, 4.69) is 0 Å². The van der Waals surface area contributed by atoms with E-state index in [0.29, 0.717) is 16.8 Å². The van der Waals surface area contributed by atoms with Gasteiger partial charge >= 0.3 is 0 Å². The SMILES string of the molecule is COc1ccc(Cc2ccc(N3C(=O)c4ccc(C(C)=O)cc4C3=O)cc2)cc1. The van der Waals surface area contributed by atoms with Crippen LogP contribution in [0.3, 0.4) is 0 Å². The van der Waals surface area contributed by atoms with Crippen LogP contribution in [0.25, 0.3) is 0 Å². The van der Waals surface area contributed by atoms with Crippen LogP contribution in [0.4, 0.5) is 5.69 Å². The van der Waals surface area contributed by atoms with Crippen molar-refractivity contribution in [2.45, 2.75) is 13.3 Å². The lowest BCUT2D eigenvalue weighted by atomic mass is 10.0. The lowest BCUT2D eigenvalue weighted by molar-refractivity contribution is 0.0925. The summed E-state index contributed by atoms with van der Waals surface area (Å²) < 4.78 is 5.17. The number of nitrogens with zero attached hydrogens (tertiary/aromatic N) is 1. The summed E-state index contributed by atoms with van der Waals surface area (Å²) in [5.41, 5.74) is 3.72. The van der Waals surface area contributed by atoms with E-state index in [-0.39, 0.29) is 17.3 Å². The number of fused-ring (bicyclic) bond motifs is 1. The van der Waals surface area contributed by atoms with E-state index in [1.165, 1.54) is 13.0 Å². The summed E-state index contributed by atoms with van der Waals surface area (Å²) >= 11 is 0. The van der Waals surface area contributed by atoms with Crippen LogP contribution in [0.5, 0.6) is 5.75 Å². The number of rotatable bonds is 5. The number of amides is 2. The van der Waals surface area contributed by atoms with Crippen LogP contribution in [0.15, 0.2) is 66.7 Å². The standard InChI is InChI=1S/C24H19NO4/c1-15(26)18-7-12-21-22(14-18)24(28)25(23(21)27)19-8-3-16(4-9-19)13-17-5-10-20(29-2)11-6-17/h3-12,14H,13H2,1-2H3. The fraction of sp³-hybridized carbons (Fsp3) is 0.125. The molecule has 0 fully saturated rings. The maximum atomic E-state index is 12.8. The molecule has 0 unspecified atom stereocenters. The molecule has 29 heavy (non-hydrogen) atoms. The molecule has 0 aromatic heterocycles. The first kappa shape index (κ1) is 18.6. The Hall–Kier alpha value is -3.73. The van der Waals surface area contributed by atoms with Gasteiger partial charge in [-0.2, -0.15) is 0 Å². The quantitative estimate of drug-likeness (QED) is 0.486. The molecule has 1 aliphatic heterocycles. The molecule has 0 spiro atoms. The molecule has 0 saturated heterocycles. The highest BCUT2D eigenvalue weighted by Crippen LogP contribution is 2.29. The van der Waals surface area contributed by atoms with Crippen molar-refractivity contribution in [3.8, 4) is 5.75 Å². The van der Waals surface area contributed by atoms with Gasteiger partial charge in [0.2, 0.25) is 0 Å². The number of ketones is 1. The lowest BCUT2D eigenvalue weighted by Gasteiger charge is -2.14. The van der Waals surface area contributed by atoms with Crippen molar-refractivity contribution >= 4 is 23.3 Å². The van der Waals surface area contributed by atoms with Gasteiger partial charge in [0.05, 0.1) is 23.9 Å². The zero-order chi connectivity index (χ0) is 20.5. The summed E-state index contributed by atoms with van der Waals surface area (Å²) in [6.07, 6.45) is 0.731. The van der Waals surface area contributed by atoms with E-state index in [0.717, 1.165) is 28.2 Å². The van der Waals surface area contributed by atoms with Crippen molar-refractivity contribution in [3.63, 3.8) is 0 Å². The minimum atomic E-state index is -0.406. The molecule has 4 rings (SSSR count). The van der Waals surface area contributed by atoms with E-state index in [1.807, 2.05) is 36.4 Å². The van der Waals surface area contributed by atoms with Gasteiger partial charge in [-0.3, -0.25) is 14.4 Å². The summed E-state index contributed by atoms with van der Waals surface area (Å²) in [5, 5.41) is 0. The third-order valence-electron chi connectivity index (χ3n) is 5.05. The summed E-state index contributed by atoms with van der Waals surface area (Å²) in [6.45, 7) is 1.43. The van der Waals surface area contributed by atoms with E-state index >= 15 is 0 Å². The molecular weight excluding hydrogens is 366 g/mol. The number of hydrogen-bond acceptors (Lipinski definition) is 4. The van der Waals surface area contributed by atoms with Gasteiger partial charge in [0.25, 0.3) is 11.8 Å². The highest BCUT2D eigenvalue weighted by molar-refractivity contribution is 6.34. The van der Waals surface area contributed by atoms with Crippen LogP contribution in [-0.4, -0.2) is 24.7 Å². The molecule has 0 bridgehead atoms. The Labute approximate surface area is 168 Å². The largest absolute Gasteiger partial charge is 0.497 e. The predicted octanol–water partition coefficient (Wildman–Crippen LogP) is 4.29. The number of imide groups is 1. The van der Waals surface area contributed by atoms with Gasteiger partial charge in [-0.05, 0) is 60.9 Å². The van der Waals surface area contributed by atoms with Gasteiger partial charge in [0.1, 0.15) is 5.75 Å². The van der Waals surface area contributed by atoms with E-state index < -0.39 is 5.91 Å². The third kappa shape index (κ3) is 3.43. The summed E-state index contributed by atoms with van der Waals surface area (Å²) in [6, 6.07) is 19.8. The molecule has 3 aromatic rings. The first-order valence-corrected chi connectivity index (χ1v) is 9.23. The Bertz CT molecular complexity index is 1110. The number of carbonyl (C=O) groups is 3. The van der Waals surface area contributed by atoms with Crippen molar-refractivity contribution in [3.05, 3.63) is 94.5 Å². The van der Waals surface area contributed by atoms with E-state index in [9.17, 15) is 14.4 Å². The van der Waals surface area contributed by atoms with Gasteiger partial charge in [-0.1, -0.05) is 30.3 Å². The Balaban J connectivity index is 1.56. The van der Waals surface area contributed by atoms with Crippen molar-refractivity contribution in [2.75, 3.05) is 12.0 Å². The summed E-state index contributed by atoms with van der Waals surface area (Å²) in [5.74, 6) is -0.115. The zero-order valence-electron chi connectivity index (χ0n) is 16.1. The Kier molecular flexibility index (Phi) is 4.72. The maximum Gasteiger partial charge on any atom is 0.266 e. The Morgan fingerprint density at radius 1 is 0.828 bits per heavy atom. The lowest BCUT2D eigenvalue weighted by Crippen LogP contribution is -2.29. The molecule has 0 radical (unpaired) electrons. The smallest absolute Gasteiger partial charge is 0.266 e. The average molecular weight is 385 g/mol. The van der Waals surface area contributed by atoms with E-state index in [1.54, 1.807) is 31.4 Å². The van der Waals surface area contributed by atoms with Crippen LogP contribution in [0, 0.1) is 0 Å². The van der Waals surface area contributed by atoms with Gasteiger partial charge in [0.15, 0.2) is 5.78 Å². The first-order valence-electron chi connectivity index (χ1n) is 9.23. The number of methoxy groups -OCH3 is 1. The second-order valence-electron chi connectivity index (χ2n) is 6.95. The molecule has 144 valence electrons. The fourth-order valence-corrected chi connectivity index (χ4v) is 3.44. The number of carbonyl (C=O) groups excluding carboxylic acids is 3. The monoisotopic (exact) mass is 385 g/mol. The number of benzene rings is 3. The van der Waals surface area contributed by atoms with Gasteiger partial charge in [-0.15, -0.1) is 0 Å². The molecule has 0 aliphatic carbocycles. The van der Waals surface area contributed by atoms with Gasteiger partial charge in [-0.25, -0.2) is 4.90 Å². The van der Waals surface area contributed by atoms with Crippen LogP contribution >= 0.6 is 0 Å². The molecule has 3 aromatic carbocycles. The van der Waals surface area contributed by atoms with Gasteiger partial charge < -0.3 is 4.74 Å². The normalized spacial score (nSPS) is 12.8. The first-order chi connectivity index (χ1) is 14.0. The maximum absolute atomic E-state index is 12.8. The molecule has 0 N–H and O–H groups in total. The third-order valence-corrected chi connectivity index (χ3v) is 5.05. The van der Waals surface area contributed by atoms with Crippen LogP contribution in [0.2, 0.25) is 0 Å². The molecule has 2 amide bonds. The second kappa shape index (κ2) is 7.36. The highest BCUT2D eigenvalue weighted by atomic mass is 16.5. The Morgan fingerprint density at radius 3 is 2.00 bits per heavy atom. The van der Waals surface area contributed by atoms with Gasteiger partial charge in [0, 0.05) is 5.56 Å². The molecule has 0 atom stereocenters. The predicted molar refractivity (Wildman–Crippen MR) is 110 cm³/mol. The summed E-state index contributed by atoms with van der Waals surface area (Å²) in [4.78, 5) is 38.3. The molecule has 1 heterocycles. The minimum Gasteiger partial charge on any atom is -0.497 e. The zero-order valence-corrected chi connectivity index (χ0v) is 16.1. The van der Waals surface area contributed by atoms with Crippen molar-refractivity contribution in [2.24, 2.45) is 0 Å². The highest BCUT2D eigenvalue weighted by Gasteiger charge is 2.36. The molecule has 5 nitrogen and oxygen atoms in total.